The molecule has 12 nitrogen and oxygen atoms in total. The van der Waals surface area contributed by atoms with Crippen LogP contribution in [0.3, 0.4) is 0 Å². The molecule has 0 saturated carbocycles. The molecule has 5 N–H and O–H groups in total. The molecular weight excluding hydrogens is 580 g/mol. The minimum atomic E-state index is -4.73. The molecule has 222 valence electrons. The summed E-state index contributed by atoms with van der Waals surface area (Å²) >= 11 is 0. The molecule has 18 heteroatoms. The van der Waals surface area contributed by atoms with Crippen molar-refractivity contribution in [2.24, 2.45) is 0 Å². The number of benzene rings is 1. The van der Waals surface area contributed by atoms with Gasteiger partial charge in [-0.2, -0.15) is 28.6 Å². The molecule has 1 aromatic carbocycles. The maximum Gasteiger partial charge on any atom is 0.466 e. The van der Waals surface area contributed by atoms with Crippen molar-refractivity contribution in [3.8, 4) is 17.2 Å². The Bertz CT molecular complexity index is 1490. The van der Waals surface area contributed by atoms with E-state index in [1.54, 1.807) is 22.4 Å². The van der Waals surface area contributed by atoms with E-state index in [1.165, 1.54) is 4.90 Å². The molecule has 2 aromatic heterocycles. The van der Waals surface area contributed by atoms with Crippen LogP contribution in [0.15, 0.2) is 24.5 Å². The first-order valence-corrected chi connectivity index (χ1v) is 13.3. The zero-order valence-corrected chi connectivity index (χ0v) is 22.6. The van der Waals surface area contributed by atoms with Crippen molar-refractivity contribution >= 4 is 19.4 Å². The molecule has 0 spiro atoms. The molecule has 0 aliphatic carbocycles. The Balaban J connectivity index is 0.000000850. The highest BCUT2D eigenvalue weighted by Gasteiger charge is 2.47. The smallest absolute Gasteiger partial charge is 0.364 e. The SMILES string of the molecule is Cc1n[nH]c(C)c1-c1cnn(C2(CC#N)CN(c3cc(F)c(C(=O)NC(C)C(F)(F)F)cc3F)C2)c1.O=P(O)(O)O. The van der Waals surface area contributed by atoms with Crippen LogP contribution in [0.2, 0.25) is 0 Å². The predicted octanol–water partition coefficient (Wildman–Crippen LogP) is 3.05. The monoisotopic (exact) mass is 605 g/mol. The van der Waals surface area contributed by atoms with Crippen LogP contribution in [0.5, 0.6) is 0 Å². The van der Waals surface area contributed by atoms with E-state index in [4.69, 9.17) is 19.2 Å². The molecule has 0 bridgehead atoms. The van der Waals surface area contributed by atoms with Gasteiger partial charge in [-0.05, 0) is 26.8 Å². The number of hydrogen-bond acceptors (Lipinski definition) is 6. The van der Waals surface area contributed by atoms with E-state index in [9.17, 15) is 32.0 Å². The molecule has 1 fully saturated rings. The highest BCUT2D eigenvalue weighted by Crippen LogP contribution is 2.39. The Morgan fingerprint density at radius 3 is 2.37 bits per heavy atom. The molecule has 1 aliphatic heterocycles. The molecule has 0 radical (unpaired) electrons. The average molecular weight is 605 g/mol. The summed E-state index contributed by atoms with van der Waals surface area (Å²) in [4.78, 5) is 35.1. The summed E-state index contributed by atoms with van der Waals surface area (Å²) in [6.07, 6.45) is -1.27. The van der Waals surface area contributed by atoms with Crippen molar-refractivity contribution < 1.29 is 46.0 Å². The first kappa shape index (κ1) is 31.7. The summed E-state index contributed by atoms with van der Waals surface area (Å²) in [6.45, 7) is 4.66. The fourth-order valence-electron chi connectivity index (χ4n) is 4.32. The van der Waals surface area contributed by atoms with E-state index in [0.717, 1.165) is 28.6 Å². The highest BCUT2D eigenvalue weighted by atomic mass is 31.2. The molecule has 41 heavy (non-hydrogen) atoms. The van der Waals surface area contributed by atoms with Crippen LogP contribution in [-0.4, -0.2) is 65.9 Å². The second-order valence-corrected chi connectivity index (χ2v) is 10.5. The van der Waals surface area contributed by atoms with Gasteiger partial charge in [-0.1, -0.05) is 0 Å². The van der Waals surface area contributed by atoms with Gasteiger partial charge in [0.2, 0.25) is 0 Å². The average Bonchev–Trinajstić information content (AvgIpc) is 3.41. The Morgan fingerprint density at radius 2 is 1.85 bits per heavy atom. The normalized spacial score (nSPS) is 15.3. The number of halogens is 5. The van der Waals surface area contributed by atoms with Crippen LogP contribution in [0.25, 0.3) is 11.1 Å². The fourth-order valence-corrected chi connectivity index (χ4v) is 4.32. The number of nitrogens with zero attached hydrogens (tertiary/aromatic N) is 5. The van der Waals surface area contributed by atoms with E-state index in [2.05, 4.69) is 21.4 Å². The van der Waals surface area contributed by atoms with E-state index < -0.39 is 48.7 Å². The van der Waals surface area contributed by atoms with Crippen molar-refractivity contribution in [2.45, 2.75) is 44.9 Å². The van der Waals surface area contributed by atoms with Gasteiger partial charge in [0.05, 0.1) is 35.6 Å². The first-order chi connectivity index (χ1) is 18.9. The van der Waals surface area contributed by atoms with Crippen LogP contribution < -0.4 is 10.2 Å². The van der Waals surface area contributed by atoms with Crippen LogP contribution >= 0.6 is 7.82 Å². The Kier molecular flexibility index (Phi) is 8.94. The van der Waals surface area contributed by atoms with Gasteiger partial charge >= 0.3 is 14.0 Å². The molecule has 1 amide bonds. The minimum absolute atomic E-state index is 0.0495. The second kappa shape index (κ2) is 11.6. The molecule has 1 atom stereocenters. The number of phosphoric acid groups is 1. The Morgan fingerprint density at radius 1 is 1.24 bits per heavy atom. The summed E-state index contributed by atoms with van der Waals surface area (Å²) in [5, 5.41) is 22.5. The number of alkyl halides is 3. The van der Waals surface area contributed by atoms with Crippen LogP contribution in [-0.2, 0) is 10.1 Å². The molecular formula is C23H25F5N7O5P. The number of H-pyrrole nitrogens is 1. The van der Waals surface area contributed by atoms with Crippen molar-refractivity contribution in [1.29, 1.82) is 5.26 Å². The molecule has 1 saturated heterocycles. The summed E-state index contributed by atoms with van der Waals surface area (Å²) in [6, 6.07) is 1.22. The Labute approximate surface area is 229 Å². The van der Waals surface area contributed by atoms with Gasteiger partial charge in [0.1, 0.15) is 23.2 Å². The van der Waals surface area contributed by atoms with Gasteiger partial charge in [0.15, 0.2) is 0 Å². The third-order valence-corrected chi connectivity index (χ3v) is 6.32. The maximum absolute atomic E-state index is 14.8. The van der Waals surface area contributed by atoms with Gasteiger partial charge < -0.3 is 24.9 Å². The van der Waals surface area contributed by atoms with Gasteiger partial charge in [-0.25, -0.2) is 13.3 Å². The molecule has 3 heterocycles. The number of aryl methyl sites for hydroxylation is 2. The quantitative estimate of drug-likeness (QED) is 0.209. The molecule has 1 unspecified atom stereocenters. The molecule has 3 aromatic rings. The number of nitriles is 1. The highest BCUT2D eigenvalue weighted by molar-refractivity contribution is 7.45. The lowest BCUT2D eigenvalue weighted by Gasteiger charge is -2.50. The number of anilines is 1. The largest absolute Gasteiger partial charge is 0.466 e. The van der Waals surface area contributed by atoms with Crippen LogP contribution in [0, 0.1) is 36.8 Å². The Hall–Kier alpha value is -3.84. The summed E-state index contributed by atoms with van der Waals surface area (Å²) < 4.78 is 78.1. The lowest BCUT2D eigenvalue weighted by Crippen LogP contribution is -2.63. The van der Waals surface area contributed by atoms with E-state index >= 15 is 0 Å². The zero-order valence-electron chi connectivity index (χ0n) is 21.7. The molecule has 4 rings (SSSR count). The standard InChI is InChI=1S/C23H22F5N7O.H3O4P/c1-12-20(13(2)33-32-12)15-8-30-35(9-15)22(4-5-29)10-34(11-22)19-7-17(24)16(6-18(19)25)21(36)31-14(3)23(26,27)28;1-5(2,3)4/h6-9,14H,4,10-11H2,1-3H3,(H,31,36)(H,32,33);(H3,1,2,3,4). The van der Waals surface area contributed by atoms with E-state index in [0.29, 0.717) is 13.0 Å². The number of carbonyl (C=O) groups is 1. The van der Waals surface area contributed by atoms with Crippen LogP contribution in [0.4, 0.5) is 27.6 Å². The number of aromatic amines is 1. The maximum atomic E-state index is 14.8. The number of hydrogen-bond donors (Lipinski definition) is 5. The van der Waals surface area contributed by atoms with Gasteiger partial charge in [-0.3, -0.25) is 14.6 Å². The third-order valence-electron chi connectivity index (χ3n) is 6.32. The lowest BCUT2D eigenvalue weighted by atomic mass is 9.86. The van der Waals surface area contributed by atoms with E-state index in [1.807, 2.05) is 13.8 Å². The number of carbonyl (C=O) groups excluding carboxylic acids is 1. The topological polar surface area (TPSA) is 180 Å². The van der Waals surface area contributed by atoms with Crippen molar-refractivity contribution in [3.63, 3.8) is 0 Å². The summed E-state index contributed by atoms with van der Waals surface area (Å²) in [7, 11) is -4.64. The fraction of sp³-hybridized carbons (Fsp3) is 0.391. The second-order valence-electron chi connectivity index (χ2n) is 9.43. The predicted molar refractivity (Wildman–Crippen MR) is 133 cm³/mol. The van der Waals surface area contributed by atoms with Crippen molar-refractivity contribution in [3.05, 3.63) is 53.1 Å². The van der Waals surface area contributed by atoms with Crippen molar-refractivity contribution in [2.75, 3.05) is 18.0 Å². The summed E-state index contributed by atoms with van der Waals surface area (Å²) in [5.74, 6) is -3.51. The number of aromatic nitrogens is 4. The number of rotatable bonds is 6. The van der Waals surface area contributed by atoms with Gasteiger partial charge in [0, 0.05) is 42.2 Å². The van der Waals surface area contributed by atoms with E-state index in [-0.39, 0.29) is 25.2 Å². The third kappa shape index (κ3) is 7.27. The van der Waals surface area contributed by atoms with Gasteiger partial charge in [0.25, 0.3) is 5.91 Å². The number of amides is 1. The van der Waals surface area contributed by atoms with Crippen molar-refractivity contribution in [1.82, 2.24) is 25.3 Å². The minimum Gasteiger partial charge on any atom is -0.364 e. The summed E-state index contributed by atoms with van der Waals surface area (Å²) in [5.41, 5.74) is 1.49. The molecule has 1 aliphatic rings. The zero-order chi connectivity index (χ0) is 30.9. The van der Waals surface area contributed by atoms with Crippen LogP contribution in [0.1, 0.15) is 35.1 Å². The van der Waals surface area contributed by atoms with Gasteiger partial charge in [-0.15, -0.1) is 0 Å². The first-order valence-electron chi connectivity index (χ1n) is 11.7. The lowest BCUT2D eigenvalue weighted by molar-refractivity contribution is -0.149. The number of nitrogens with one attached hydrogen (secondary N) is 2.